The van der Waals surface area contributed by atoms with E-state index in [-0.39, 0.29) is 23.7 Å². The van der Waals surface area contributed by atoms with Crippen molar-refractivity contribution in [2.24, 2.45) is 5.92 Å². The normalized spacial score (nSPS) is 15.5. The molecule has 0 unspecified atom stereocenters. The molecule has 7 heteroatoms. The monoisotopic (exact) mass is 477 g/mol. The quantitative estimate of drug-likeness (QED) is 0.451. The van der Waals surface area contributed by atoms with E-state index in [9.17, 15) is 9.59 Å². The van der Waals surface area contributed by atoms with Crippen LogP contribution >= 0.6 is 0 Å². The molecule has 2 atom stereocenters. The zero-order valence-corrected chi connectivity index (χ0v) is 21.0. The summed E-state index contributed by atoms with van der Waals surface area (Å²) in [7, 11) is 1.63. The number of fused-ring (bicyclic) bond motifs is 1. The van der Waals surface area contributed by atoms with Crippen LogP contribution in [0.4, 0.5) is 0 Å². The number of amides is 2. The molecule has 2 amide bonds. The number of aromatic amines is 1. The van der Waals surface area contributed by atoms with Crippen molar-refractivity contribution in [1.82, 2.24) is 15.2 Å². The van der Waals surface area contributed by atoms with Gasteiger partial charge in [0, 0.05) is 42.5 Å². The molecule has 0 spiro atoms. The first-order chi connectivity index (χ1) is 16.9. The number of carbonyl (C=O) groups is 2. The molecule has 1 aromatic heterocycles. The highest BCUT2D eigenvalue weighted by atomic mass is 16.5. The van der Waals surface area contributed by atoms with E-state index in [0.29, 0.717) is 37.6 Å². The molecule has 3 aromatic rings. The van der Waals surface area contributed by atoms with Gasteiger partial charge in [0.25, 0.3) is 0 Å². The third kappa shape index (κ3) is 5.14. The van der Waals surface area contributed by atoms with Crippen molar-refractivity contribution in [2.75, 3.05) is 26.8 Å². The number of benzene rings is 2. The lowest BCUT2D eigenvalue weighted by Crippen LogP contribution is -2.51. The van der Waals surface area contributed by atoms with Gasteiger partial charge in [0.15, 0.2) is 11.5 Å². The van der Waals surface area contributed by atoms with E-state index in [0.717, 1.165) is 28.5 Å². The molecule has 35 heavy (non-hydrogen) atoms. The van der Waals surface area contributed by atoms with Gasteiger partial charge in [0.1, 0.15) is 6.04 Å². The zero-order chi connectivity index (χ0) is 24.9. The molecule has 4 rings (SSSR count). The van der Waals surface area contributed by atoms with Crippen LogP contribution in [-0.4, -0.2) is 54.5 Å². The van der Waals surface area contributed by atoms with E-state index in [1.807, 2.05) is 63.4 Å². The van der Waals surface area contributed by atoms with Crippen molar-refractivity contribution in [3.8, 4) is 11.5 Å². The van der Waals surface area contributed by atoms with Crippen LogP contribution in [0, 0.1) is 5.92 Å². The maximum Gasteiger partial charge on any atom is 0.243 e. The molecule has 1 aliphatic heterocycles. The Hall–Kier alpha value is -3.48. The topological polar surface area (TPSA) is 83.7 Å². The van der Waals surface area contributed by atoms with Gasteiger partial charge in [-0.15, -0.1) is 0 Å². The third-order valence-electron chi connectivity index (χ3n) is 6.71. The smallest absolute Gasteiger partial charge is 0.243 e. The zero-order valence-electron chi connectivity index (χ0n) is 21.0. The molecule has 186 valence electrons. The molecule has 0 aliphatic carbocycles. The molecule has 2 N–H and O–H groups in total. The molecular weight excluding hydrogens is 442 g/mol. The predicted molar refractivity (Wildman–Crippen MR) is 137 cm³/mol. The molecule has 2 aromatic carbocycles. The highest BCUT2D eigenvalue weighted by Gasteiger charge is 2.35. The van der Waals surface area contributed by atoms with Crippen LogP contribution in [0.15, 0.2) is 48.7 Å². The highest BCUT2D eigenvalue weighted by Crippen LogP contribution is 2.36. The summed E-state index contributed by atoms with van der Waals surface area (Å²) in [5.41, 5.74) is 3.14. The highest BCUT2D eigenvalue weighted by molar-refractivity contribution is 5.89. The second kappa shape index (κ2) is 10.8. The number of hydrogen-bond donors (Lipinski definition) is 2. The Kier molecular flexibility index (Phi) is 7.63. The fraction of sp³-hybridized carbons (Fsp3) is 0.429. The van der Waals surface area contributed by atoms with Gasteiger partial charge in [-0.25, -0.2) is 0 Å². The molecule has 1 fully saturated rings. The van der Waals surface area contributed by atoms with Crippen LogP contribution in [0.25, 0.3) is 10.9 Å². The third-order valence-corrected chi connectivity index (χ3v) is 6.71. The lowest BCUT2D eigenvalue weighted by molar-refractivity contribution is -0.139. The van der Waals surface area contributed by atoms with Gasteiger partial charge in [-0.2, -0.15) is 0 Å². The summed E-state index contributed by atoms with van der Waals surface area (Å²) in [6.07, 6.45) is 3.33. The van der Waals surface area contributed by atoms with Gasteiger partial charge in [-0.05, 0) is 48.6 Å². The van der Waals surface area contributed by atoms with E-state index in [1.165, 1.54) is 0 Å². The van der Waals surface area contributed by atoms with Crippen molar-refractivity contribution in [3.63, 3.8) is 0 Å². The first-order valence-electron chi connectivity index (χ1n) is 12.4. The maximum absolute atomic E-state index is 13.4. The summed E-state index contributed by atoms with van der Waals surface area (Å²) in [4.78, 5) is 30.9. The summed E-state index contributed by atoms with van der Waals surface area (Å²) >= 11 is 0. The lowest BCUT2D eigenvalue weighted by atomic mass is 9.90. The fourth-order valence-electron chi connectivity index (χ4n) is 5.04. The average Bonchev–Trinajstić information content (AvgIpc) is 3.46. The Bertz CT molecular complexity index is 1190. The van der Waals surface area contributed by atoms with Gasteiger partial charge in [0.2, 0.25) is 11.8 Å². The van der Waals surface area contributed by atoms with Crippen LogP contribution in [-0.2, 0) is 9.59 Å². The van der Waals surface area contributed by atoms with Crippen LogP contribution in [0.1, 0.15) is 50.7 Å². The number of aromatic nitrogens is 1. The first-order valence-corrected chi connectivity index (χ1v) is 12.4. The van der Waals surface area contributed by atoms with E-state index in [4.69, 9.17) is 9.47 Å². The lowest BCUT2D eigenvalue weighted by Gasteiger charge is -2.30. The number of carbonyl (C=O) groups excluding carboxylic acids is 2. The Morgan fingerprint density at radius 2 is 1.97 bits per heavy atom. The number of H-pyrrole nitrogens is 1. The molecule has 1 aliphatic rings. The van der Waals surface area contributed by atoms with Crippen LogP contribution in [0.5, 0.6) is 11.5 Å². The number of para-hydroxylation sites is 1. The Labute approximate surface area is 206 Å². The minimum Gasteiger partial charge on any atom is -0.493 e. The Morgan fingerprint density at radius 1 is 1.17 bits per heavy atom. The van der Waals surface area contributed by atoms with Gasteiger partial charge in [0.05, 0.1) is 13.7 Å². The van der Waals surface area contributed by atoms with Crippen LogP contribution in [0.2, 0.25) is 0 Å². The van der Waals surface area contributed by atoms with Crippen molar-refractivity contribution < 1.29 is 19.1 Å². The standard InChI is InChI=1S/C28H35N3O4/c1-5-35-24-13-12-19(15-25(24)34-4)21(22-17-29-23-10-7-6-9-20(22)23)16-30-28(33)27(18(2)3)31-14-8-11-26(31)32/h6-7,9-10,12-13,15,17-18,21,27,29H,5,8,11,14,16H2,1-4H3,(H,30,33)/t21-,27-/m1/s1. The number of likely N-dealkylation sites (tertiary alicyclic amines) is 1. The predicted octanol–water partition coefficient (Wildman–Crippen LogP) is 4.47. The van der Waals surface area contributed by atoms with Crippen LogP contribution in [0.3, 0.4) is 0 Å². The van der Waals surface area contributed by atoms with Crippen molar-refractivity contribution in [1.29, 1.82) is 0 Å². The van der Waals surface area contributed by atoms with Gasteiger partial charge < -0.3 is 24.7 Å². The molecular formula is C28H35N3O4. The number of nitrogens with one attached hydrogen (secondary N) is 2. The summed E-state index contributed by atoms with van der Waals surface area (Å²) in [5.74, 6) is 1.19. The summed E-state index contributed by atoms with van der Waals surface area (Å²) in [6.45, 7) is 7.49. The van der Waals surface area contributed by atoms with Gasteiger partial charge in [-0.1, -0.05) is 38.1 Å². The minimum absolute atomic E-state index is 0.0224. The molecule has 2 heterocycles. The minimum atomic E-state index is -0.469. The Balaban J connectivity index is 1.66. The summed E-state index contributed by atoms with van der Waals surface area (Å²) < 4.78 is 11.3. The molecule has 0 radical (unpaired) electrons. The second-order valence-electron chi connectivity index (χ2n) is 9.31. The summed E-state index contributed by atoms with van der Waals surface area (Å²) in [6, 6.07) is 13.6. The van der Waals surface area contributed by atoms with Crippen molar-refractivity contribution in [3.05, 3.63) is 59.8 Å². The molecule has 1 saturated heterocycles. The Morgan fingerprint density at radius 3 is 2.66 bits per heavy atom. The summed E-state index contributed by atoms with van der Waals surface area (Å²) in [5, 5.41) is 4.28. The largest absolute Gasteiger partial charge is 0.493 e. The van der Waals surface area contributed by atoms with Crippen molar-refractivity contribution >= 4 is 22.7 Å². The number of nitrogens with zero attached hydrogens (tertiary/aromatic N) is 1. The van der Waals surface area contributed by atoms with E-state index < -0.39 is 6.04 Å². The first kappa shape index (κ1) is 24.6. The number of hydrogen-bond acceptors (Lipinski definition) is 4. The average molecular weight is 478 g/mol. The molecule has 0 bridgehead atoms. The van der Waals surface area contributed by atoms with Crippen LogP contribution < -0.4 is 14.8 Å². The van der Waals surface area contributed by atoms with Gasteiger partial charge >= 0.3 is 0 Å². The number of methoxy groups -OCH3 is 1. The van der Waals surface area contributed by atoms with E-state index >= 15 is 0 Å². The van der Waals surface area contributed by atoms with Gasteiger partial charge in [-0.3, -0.25) is 9.59 Å². The second-order valence-corrected chi connectivity index (χ2v) is 9.31. The molecule has 0 saturated carbocycles. The number of ether oxygens (including phenoxy) is 2. The molecule has 7 nitrogen and oxygen atoms in total. The van der Waals surface area contributed by atoms with E-state index in [1.54, 1.807) is 12.0 Å². The van der Waals surface area contributed by atoms with E-state index in [2.05, 4.69) is 16.4 Å². The number of rotatable bonds is 10. The maximum atomic E-state index is 13.4. The fourth-order valence-corrected chi connectivity index (χ4v) is 5.04. The SMILES string of the molecule is CCOc1ccc([C@@H](CNC(=O)[C@@H](C(C)C)N2CCCC2=O)c2c[nH]c3ccccc23)cc1OC. The van der Waals surface area contributed by atoms with Crippen molar-refractivity contribution in [2.45, 2.75) is 45.6 Å².